The smallest absolute Gasteiger partial charge is 0.790 e. The Morgan fingerprint density at radius 3 is 2.46 bits per heavy atom. The van der Waals surface area contributed by atoms with Gasteiger partial charge in [-0.3, -0.25) is 15.3 Å². The van der Waals surface area contributed by atoms with Crippen LogP contribution in [0.5, 0.6) is 0 Å². The second-order valence-corrected chi connectivity index (χ2v) is 5.68. The molecule has 3 aliphatic rings. The molecule has 3 heterocycles. The summed E-state index contributed by atoms with van der Waals surface area (Å²) in [6.45, 7) is -0.449. The fourth-order valence-corrected chi connectivity index (χ4v) is 2.15. The summed E-state index contributed by atoms with van der Waals surface area (Å²) in [5.41, 5.74) is 0. The summed E-state index contributed by atoms with van der Waals surface area (Å²) >= 11 is 0. The number of phosphoric acid groups is 1. The molecule has 5 atom stereocenters. The van der Waals surface area contributed by atoms with Crippen LogP contribution in [0.4, 0.5) is 0 Å². The van der Waals surface area contributed by atoms with Crippen LogP contribution >= 0.6 is 7.82 Å². The summed E-state index contributed by atoms with van der Waals surface area (Å²) in [7, 11) is -5.14. The number of nitrogens with one attached hydrogen (secondary N) is 1. The number of aliphatic imine (C=N–C) groups is 3. The maximum atomic E-state index is 9.97. The van der Waals surface area contributed by atoms with Gasteiger partial charge in [0.25, 0.3) is 0 Å². The molecule has 26 heavy (non-hydrogen) atoms. The van der Waals surface area contributed by atoms with Gasteiger partial charge in [0, 0.05) is 0 Å². The van der Waals surface area contributed by atoms with Gasteiger partial charge in [0.05, 0.1) is 22.1 Å². The molecule has 0 aliphatic carbocycles. The first-order chi connectivity index (χ1) is 11.5. The molecule has 0 bridgehead atoms. The van der Waals surface area contributed by atoms with Crippen molar-refractivity contribution < 1.29 is 99.8 Å². The molecule has 13 nitrogen and oxygen atoms in total. The first kappa shape index (κ1) is 24.5. The van der Waals surface area contributed by atoms with Gasteiger partial charge < -0.3 is 39.3 Å². The van der Waals surface area contributed by atoms with Gasteiger partial charge >= 0.3 is 59.1 Å². The van der Waals surface area contributed by atoms with Crippen molar-refractivity contribution in [3.63, 3.8) is 0 Å². The van der Waals surface area contributed by atoms with Gasteiger partial charge in [-0.1, -0.05) is 0 Å². The third-order valence-electron chi connectivity index (χ3n) is 3.15. The second kappa shape index (κ2) is 10.8. The second-order valence-electron chi connectivity index (χ2n) is 4.74. The fraction of sp³-hybridized carbons (Fsp3) is 0.600. The number of fused-ring (bicyclic) bond motifs is 1. The first-order valence-electron chi connectivity index (χ1n) is 6.90. The van der Waals surface area contributed by atoms with E-state index in [0.717, 1.165) is 6.34 Å². The van der Waals surface area contributed by atoms with Crippen molar-refractivity contribution in [1.29, 1.82) is 5.41 Å². The van der Waals surface area contributed by atoms with E-state index in [4.69, 9.17) is 35.9 Å². The van der Waals surface area contributed by atoms with Gasteiger partial charge in [-0.25, -0.2) is 9.98 Å². The van der Waals surface area contributed by atoms with E-state index in [2.05, 4.69) is 15.0 Å². The van der Waals surface area contributed by atoms with Crippen molar-refractivity contribution >= 4 is 32.2 Å². The van der Waals surface area contributed by atoms with E-state index < -0.39 is 45.0 Å². The SMILES string of the molecule is O=P([O-])([O-])O.[2H]C12N=CN([C@@H]3O[C@H](CO)[C@@H](O)[C@H]3O)C1=NC=NC2=N.[Na+].[Na+]. The molecule has 0 radical (unpaired) electrons. The van der Waals surface area contributed by atoms with Crippen LogP contribution in [0.1, 0.15) is 1.37 Å². The van der Waals surface area contributed by atoms with Gasteiger partial charge in [0.2, 0.25) is 0 Å². The Bertz CT molecular complexity index is 684. The molecule has 1 fully saturated rings. The van der Waals surface area contributed by atoms with Gasteiger partial charge in [0.1, 0.15) is 30.5 Å². The van der Waals surface area contributed by atoms with E-state index >= 15 is 0 Å². The Labute approximate surface area is 193 Å². The number of ether oxygens (including phenoxy) is 1. The zero-order chi connectivity index (χ0) is 19.0. The molecule has 0 amide bonds. The molecular formula is C10H14N5Na2O8P. The summed E-state index contributed by atoms with van der Waals surface area (Å²) < 4.78 is 22.1. The Balaban J connectivity index is 0.000000864. The summed E-state index contributed by atoms with van der Waals surface area (Å²) in [5.74, 6) is -0.236. The predicted octanol–water partition coefficient (Wildman–Crippen LogP) is -10.6. The van der Waals surface area contributed by atoms with Crippen molar-refractivity contribution in [2.24, 2.45) is 15.0 Å². The van der Waals surface area contributed by atoms with E-state index in [-0.39, 0.29) is 70.8 Å². The summed E-state index contributed by atoms with van der Waals surface area (Å²) in [6, 6.07) is -1.76. The molecule has 0 aromatic rings. The number of nitrogens with zero attached hydrogens (tertiary/aromatic N) is 4. The zero-order valence-electron chi connectivity index (χ0n) is 14.8. The summed E-state index contributed by atoms with van der Waals surface area (Å²) in [5, 5.41) is 36.4. The van der Waals surface area contributed by atoms with Crippen molar-refractivity contribution in [2.75, 3.05) is 6.61 Å². The number of hydrogen-bond acceptors (Lipinski definition) is 11. The zero-order valence-corrected chi connectivity index (χ0v) is 18.7. The minimum Gasteiger partial charge on any atom is -0.790 e. The number of hydrogen-bond donors (Lipinski definition) is 5. The molecule has 0 spiro atoms. The standard InChI is InChI=1S/C10H13N5O4.2Na.H3O4P/c11-8-5-9(13-2-12-8)15(3-14-5)10-7(18)6(17)4(1-16)19-10;;;1-5(2,3)4/h2-7,10-11,16-18H,1H2;;;(H3,1,2,3,4)/q;2*+1;/p-2/t4-,5?,6-,7-,10-;;;/m1.../s1/i5D;;;. The normalized spacial score (nSPS) is 35.5. The van der Waals surface area contributed by atoms with Crippen molar-refractivity contribution in [1.82, 2.24) is 4.90 Å². The molecule has 0 saturated carbocycles. The molecule has 5 N–H and O–H groups in total. The maximum Gasteiger partial charge on any atom is 1.00 e. The number of amidine groups is 2. The molecule has 0 aromatic carbocycles. The molecule has 3 aliphatic heterocycles. The van der Waals surface area contributed by atoms with Crippen molar-refractivity contribution in [3.05, 3.63) is 0 Å². The first-order valence-corrected chi connectivity index (χ1v) is 7.89. The van der Waals surface area contributed by atoms with Crippen LogP contribution in [0, 0.1) is 5.41 Å². The minimum absolute atomic E-state index is 0. The van der Waals surface area contributed by atoms with Gasteiger partial charge in [-0.15, -0.1) is 0 Å². The van der Waals surface area contributed by atoms with Crippen molar-refractivity contribution in [3.8, 4) is 0 Å². The number of aliphatic hydroxyl groups excluding tert-OH is 3. The van der Waals surface area contributed by atoms with Crippen LogP contribution in [-0.2, 0) is 9.30 Å². The monoisotopic (exact) mass is 410 g/mol. The third kappa shape index (κ3) is 6.50. The van der Waals surface area contributed by atoms with Crippen molar-refractivity contribution in [2.45, 2.75) is 30.6 Å². The maximum absolute atomic E-state index is 9.97. The fourth-order valence-electron chi connectivity index (χ4n) is 2.15. The van der Waals surface area contributed by atoms with E-state index in [1.54, 1.807) is 0 Å². The molecule has 134 valence electrons. The van der Waals surface area contributed by atoms with E-state index in [1.807, 2.05) is 0 Å². The molecule has 3 rings (SSSR count). The Kier molecular flexibility index (Phi) is 10.2. The van der Waals surface area contributed by atoms with E-state index in [9.17, 15) is 10.2 Å². The number of rotatable bonds is 2. The average Bonchev–Trinajstić information content (AvgIpc) is 2.98. The summed E-state index contributed by atoms with van der Waals surface area (Å²) in [6.07, 6.45) is -2.17. The molecule has 1 unspecified atom stereocenters. The van der Waals surface area contributed by atoms with Gasteiger partial charge in [0.15, 0.2) is 18.1 Å². The molecule has 16 heteroatoms. The average molecular weight is 410 g/mol. The minimum atomic E-state index is -5.14. The Hall–Kier alpha value is 0.430. The van der Waals surface area contributed by atoms with Crippen LogP contribution in [0.15, 0.2) is 15.0 Å². The van der Waals surface area contributed by atoms with Crippen LogP contribution in [0.25, 0.3) is 0 Å². The summed E-state index contributed by atoms with van der Waals surface area (Å²) in [4.78, 5) is 37.0. The predicted molar refractivity (Wildman–Crippen MR) is 75.4 cm³/mol. The quantitative estimate of drug-likeness (QED) is 0.215. The Morgan fingerprint density at radius 2 is 1.96 bits per heavy atom. The van der Waals surface area contributed by atoms with E-state index in [0.29, 0.717) is 0 Å². The van der Waals surface area contributed by atoms with Crippen LogP contribution in [0.2, 0.25) is 0 Å². The molecule has 0 aromatic heterocycles. The van der Waals surface area contributed by atoms with E-state index in [1.165, 1.54) is 11.2 Å². The van der Waals surface area contributed by atoms with Gasteiger partial charge in [-0.05, 0) is 0 Å². The van der Waals surface area contributed by atoms with Crippen LogP contribution < -0.4 is 68.9 Å². The molecular weight excluding hydrogens is 395 g/mol. The van der Waals surface area contributed by atoms with Crippen LogP contribution in [-0.4, -0.2) is 86.6 Å². The van der Waals surface area contributed by atoms with Gasteiger partial charge in [-0.2, -0.15) is 0 Å². The topological polar surface area (TPSA) is 218 Å². The molecule has 1 saturated heterocycles. The number of aliphatic hydroxyl groups is 3. The third-order valence-corrected chi connectivity index (χ3v) is 3.15. The largest absolute Gasteiger partial charge is 1.00 e. The van der Waals surface area contributed by atoms with Crippen LogP contribution in [0.3, 0.4) is 0 Å². The Morgan fingerprint density at radius 1 is 1.38 bits per heavy atom.